The second-order valence-corrected chi connectivity index (χ2v) is 6.34. The molecule has 0 fully saturated rings. The minimum atomic E-state index is -0.460. The number of methoxy groups -OCH3 is 2. The van der Waals surface area contributed by atoms with Crippen molar-refractivity contribution >= 4 is 23.2 Å². The molecule has 4 nitrogen and oxygen atoms in total. The van der Waals surface area contributed by atoms with E-state index in [-0.39, 0.29) is 5.91 Å². The molecule has 0 saturated heterocycles. The van der Waals surface area contributed by atoms with Gasteiger partial charge in [0.2, 0.25) is 5.91 Å². The van der Waals surface area contributed by atoms with Gasteiger partial charge in [-0.25, -0.2) is 0 Å². The number of carbonyl (C=O) groups excluding carboxylic acids is 1. The number of hydrogen-bond donors (Lipinski definition) is 1. The van der Waals surface area contributed by atoms with E-state index in [1.54, 1.807) is 12.1 Å². The van der Waals surface area contributed by atoms with Crippen LogP contribution in [-0.4, -0.2) is 20.1 Å². The van der Waals surface area contributed by atoms with Crippen molar-refractivity contribution in [2.24, 2.45) is 0 Å². The first-order valence-corrected chi connectivity index (χ1v) is 8.84. The van der Waals surface area contributed by atoms with Gasteiger partial charge >= 0.3 is 0 Å². The Hall–Kier alpha value is -2.98. The number of benzene rings is 3. The van der Waals surface area contributed by atoms with E-state index < -0.39 is 5.92 Å². The van der Waals surface area contributed by atoms with Crippen LogP contribution in [0, 0.1) is 0 Å². The van der Waals surface area contributed by atoms with Crippen LogP contribution < -0.4 is 14.8 Å². The lowest BCUT2D eigenvalue weighted by Gasteiger charge is -2.19. The molecule has 0 bridgehead atoms. The fourth-order valence-corrected chi connectivity index (χ4v) is 3.19. The predicted octanol–water partition coefficient (Wildman–Crippen LogP) is 5.13. The average Bonchev–Trinajstić information content (AvgIpc) is 2.70. The molecule has 3 rings (SSSR count). The van der Waals surface area contributed by atoms with E-state index >= 15 is 0 Å². The fraction of sp³-hybridized carbons (Fsp3) is 0.136. The van der Waals surface area contributed by atoms with Crippen LogP contribution in [0.3, 0.4) is 0 Å². The lowest BCUT2D eigenvalue weighted by atomic mass is 9.90. The lowest BCUT2D eigenvalue weighted by molar-refractivity contribution is -0.116. The molecule has 1 N–H and O–H groups in total. The molecule has 0 atom stereocenters. The summed E-state index contributed by atoms with van der Waals surface area (Å²) in [5.41, 5.74) is 2.30. The van der Waals surface area contributed by atoms with E-state index in [1.165, 1.54) is 14.2 Å². The van der Waals surface area contributed by atoms with Crippen LogP contribution in [0.5, 0.6) is 11.5 Å². The molecule has 27 heavy (non-hydrogen) atoms. The van der Waals surface area contributed by atoms with Crippen LogP contribution in [0.2, 0.25) is 5.02 Å². The Bertz CT molecular complexity index is 874. The maximum Gasteiger partial charge on any atom is 0.236 e. The summed E-state index contributed by atoms with van der Waals surface area (Å²) in [5, 5.41) is 3.34. The summed E-state index contributed by atoms with van der Waals surface area (Å²) in [6, 6.07) is 22.6. The first kappa shape index (κ1) is 18.8. The fourth-order valence-electron chi connectivity index (χ4n) is 2.95. The van der Waals surface area contributed by atoms with Gasteiger partial charge in [0.25, 0.3) is 0 Å². The highest BCUT2D eigenvalue weighted by atomic mass is 35.5. The molecule has 0 aromatic heterocycles. The van der Waals surface area contributed by atoms with Gasteiger partial charge in [0.15, 0.2) is 0 Å². The molecule has 0 aliphatic carbocycles. The smallest absolute Gasteiger partial charge is 0.236 e. The van der Waals surface area contributed by atoms with E-state index in [4.69, 9.17) is 21.1 Å². The number of rotatable bonds is 6. The molecule has 1 amide bonds. The van der Waals surface area contributed by atoms with Gasteiger partial charge in [-0.15, -0.1) is 0 Å². The number of amides is 1. The Labute approximate surface area is 163 Å². The largest absolute Gasteiger partial charge is 0.495 e. The summed E-state index contributed by atoms with van der Waals surface area (Å²) in [6.07, 6.45) is 0. The number of halogens is 1. The van der Waals surface area contributed by atoms with Crippen molar-refractivity contribution in [3.8, 4) is 11.5 Å². The Morgan fingerprint density at radius 1 is 0.852 bits per heavy atom. The van der Waals surface area contributed by atoms with Gasteiger partial charge in [0.1, 0.15) is 11.5 Å². The highest BCUT2D eigenvalue weighted by Crippen LogP contribution is 2.37. The van der Waals surface area contributed by atoms with Crippen molar-refractivity contribution in [3.05, 3.63) is 88.9 Å². The summed E-state index contributed by atoms with van der Waals surface area (Å²) >= 11 is 6.22. The first-order chi connectivity index (χ1) is 13.1. The second kappa shape index (κ2) is 8.60. The third-order valence-corrected chi connectivity index (χ3v) is 4.56. The molecule has 138 valence electrons. The normalized spacial score (nSPS) is 10.5. The summed E-state index contributed by atoms with van der Waals surface area (Å²) < 4.78 is 10.6. The summed E-state index contributed by atoms with van der Waals surface area (Å²) in [7, 11) is 3.06. The molecular weight excluding hydrogens is 362 g/mol. The Kier molecular flexibility index (Phi) is 5.99. The quantitative estimate of drug-likeness (QED) is 0.644. The minimum absolute atomic E-state index is 0.174. The lowest BCUT2D eigenvalue weighted by Crippen LogP contribution is -2.22. The third kappa shape index (κ3) is 4.23. The minimum Gasteiger partial charge on any atom is -0.495 e. The number of anilines is 1. The van der Waals surface area contributed by atoms with Gasteiger partial charge in [-0.05, 0) is 17.2 Å². The molecule has 0 radical (unpaired) electrons. The molecule has 3 aromatic carbocycles. The highest BCUT2D eigenvalue weighted by molar-refractivity contribution is 6.32. The molecule has 3 aromatic rings. The third-order valence-electron chi connectivity index (χ3n) is 4.26. The zero-order valence-corrected chi connectivity index (χ0v) is 15.9. The molecule has 0 aliphatic heterocycles. The van der Waals surface area contributed by atoms with E-state index in [9.17, 15) is 4.79 Å². The van der Waals surface area contributed by atoms with E-state index in [0.717, 1.165) is 11.1 Å². The standard InChI is InChI=1S/C22H20ClNO3/c1-26-19-14-20(27-2)18(13-17(19)23)24-22(25)21(15-9-5-3-6-10-15)16-11-7-4-8-12-16/h3-14,21H,1-2H3,(H,24,25). The van der Waals surface area contributed by atoms with Crippen molar-refractivity contribution in [2.75, 3.05) is 19.5 Å². The molecule has 0 aliphatic rings. The van der Waals surface area contributed by atoms with Crippen LogP contribution in [0.4, 0.5) is 5.69 Å². The Morgan fingerprint density at radius 2 is 1.37 bits per heavy atom. The van der Waals surface area contributed by atoms with Gasteiger partial charge in [0.05, 0.1) is 30.8 Å². The summed E-state index contributed by atoms with van der Waals surface area (Å²) in [5.74, 6) is 0.323. The van der Waals surface area contributed by atoms with Crippen LogP contribution in [-0.2, 0) is 4.79 Å². The van der Waals surface area contributed by atoms with Crippen molar-refractivity contribution in [1.82, 2.24) is 0 Å². The predicted molar refractivity (Wildman–Crippen MR) is 108 cm³/mol. The van der Waals surface area contributed by atoms with Gasteiger partial charge in [-0.1, -0.05) is 72.3 Å². The number of nitrogens with one attached hydrogen (secondary N) is 1. The van der Waals surface area contributed by atoms with Gasteiger partial charge in [0, 0.05) is 6.07 Å². The molecule has 0 saturated carbocycles. The Morgan fingerprint density at radius 3 is 1.85 bits per heavy atom. The van der Waals surface area contributed by atoms with E-state index in [0.29, 0.717) is 22.2 Å². The van der Waals surface area contributed by atoms with Crippen molar-refractivity contribution < 1.29 is 14.3 Å². The van der Waals surface area contributed by atoms with Crippen molar-refractivity contribution in [1.29, 1.82) is 0 Å². The van der Waals surface area contributed by atoms with Crippen molar-refractivity contribution in [2.45, 2.75) is 5.92 Å². The second-order valence-electron chi connectivity index (χ2n) is 5.93. The van der Waals surface area contributed by atoms with Crippen LogP contribution in [0.15, 0.2) is 72.8 Å². The Balaban J connectivity index is 1.98. The van der Waals surface area contributed by atoms with E-state index in [1.807, 2.05) is 60.7 Å². The SMILES string of the molecule is COc1cc(OC)c(NC(=O)C(c2ccccc2)c2ccccc2)cc1Cl. The van der Waals surface area contributed by atoms with Gasteiger partial charge in [-0.2, -0.15) is 0 Å². The number of carbonyl (C=O) groups is 1. The highest BCUT2D eigenvalue weighted by Gasteiger charge is 2.24. The molecule has 0 heterocycles. The number of hydrogen-bond acceptors (Lipinski definition) is 3. The first-order valence-electron chi connectivity index (χ1n) is 8.46. The van der Waals surface area contributed by atoms with Crippen molar-refractivity contribution in [3.63, 3.8) is 0 Å². The molecule has 5 heteroatoms. The molecule has 0 spiro atoms. The van der Waals surface area contributed by atoms with Gasteiger partial charge in [-0.3, -0.25) is 4.79 Å². The van der Waals surface area contributed by atoms with Crippen LogP contribution in [0.1, 0.15) is 17.0 Å². The molecular formula is C22H20ClNO3. The maximum atomic E-state index is 13.2. The summed E-state index contributed by atoms with van der Waals surface area (Å²) in [6.45, 7) is 0. The van der Waals surface area contributed by atoms with E-state index in [2.05, 4.69) is 5.32 Å². The van der Waals surface area contributed by atoms with Crippen LogP contribution in [0.25, 0.3) is 0 Å². The zero-order chi connectivity index (χ0) is 19.2. The maximum absolute atomic E-state index is 13.2. The summed E-state index contributed by atoms with van der Waals surface area (Å²) in [4.78, 5) is 13.2. The van der Waals surface area contributed by atoms with Gasteiger partial charge < -0.3 is 14.8 Å². The number of ether oxygens (including phenoxy) is 2. The monoisotopic (exact) mass is 381 g/mol. The topological polar surface area (TPSA) is 47.6 Å². The average molecular weight is 382 g/mol. The zero-order valence-electron chi connectivity index (χ0n) is 15.1. The van der Waals surface area contributed by atoms with Crippen LogP contribution >= 0.6 is 11.6 Å². The molecule has 0 unspecified atom stereocenters.